The van der Waals surface area contributed by atoms with Gasteiger partial charge in [-0.1, -0.05) is 47.5 Å². The maximum Gasteiger partial charge on any atom is 0.239 e. The molecule has 5 nitrogen and oxygen atoms in total. The number of nitrogens with one attached hydrogen (secondary N) is 1. The summed E-state index contributed by atoms with van der Waals surface area (Å²) in [4.78, 5) is 28.8. The van der Waals surface area contributed by atoms with E-state index in [-0.39, 0.29) is 18.4 Å². The number of amides is 2. The monoisotopic (exact) mass is 419 g/mol. The molecule has 7 heteroatoms. The van der Waals surface area contributed by atoms with Crippen LogP contribution in [0.5, 0.6) is 0 Å². The Balaban J connectivity index is 1.56. The molecule has 1 N–H and O–H groups in total. The van der Waals surface area contributed by atoms with Crippen molar-refractivity contribution in [3.05, 3.63) is 63.6 Å². The van der Waals surface area contributed by atoms with Crippen LogP contribution in [0, 0.1) is 0 Å². The molecule has 2 amide bonds. The molecule has 1 aliphatic rings. The number of likely N-dealkylation sites (N-methyl/N-ethyl adjacent to an activating group) is 1. The fourth-order valence-corrected chi connectivity index (χ4v) is 3.57. The maximum atomic E-state index is 12.9. The minimum Gasteiger partial charge on any atom is -0.337 e. The third-order valence-electron chi connectivity index (χ3n) is 5.06. The van der Waals surface area contributed by atoms with E-state index in [1.54, 1.807) is 30.1 Å². The van der Waals surface area contributed by atoms with Gasteiger partial charge in [-0.2, -0.15) is 0 Å². The minimum absolute atomic E-state index is 0.0272. The molecule has 148 valence electrons. The van der Waals surface area contributed by atoms with E-state index in [2.05, 4.69) is 17.4 Å². The third kappa shape index (κ3) is 4.85. The quantitative estimate of drug-likeness (QED) is 0.800. The van der Waals surface area contributed by atoms with Crippen LogP contribution in [-0.2, 0) is 22.6 Å². The van der Waals surface area contributed by atoms with E-state index < -0.39 is 6.04 Å². The largest absolute Gasteiger partial charge is 0.337 e. The molecule has 0 unspecified atom stereocenters. The van der Waals surface area contributed by atoms with Crippen LogP contribution < -0.4 is 5.32 Å². The molecule has 28 heavy (non-hydrogen) atoms. The molecular weight excluding hydrogens is 397 g/mol. The zero-order valence-corrected chi connectivity index (χ0v) is 17.4. The van der Waals surface area contributed by atoms with Gasteiger partial charge in [0.05, 0.1) is 22.6 Å². The van der Waals surface area contributed by atoms with Crippen molar-refractivity contribution in [2.75, 3.05) is 25.5 Å². The molecule has 0 spiro atoms. The highest BCUT2D eigenvalue weighted by atomic mass is 35.5. The maximum absolute atomic E-state index is 12.9. The molecule has 0 fully saturated rings. The van der Waals surface area contributed by atoms with Crippen LogP contribution >= 0.6 is 23.2 Å². The van der Waals surface area contributed by atoms with Crippen LogP contribution in [0.2, 0.25) is 10.0 Å². The first kappa shape index (κ1) is 20.6. The number of halogens is 2. The summed E-state index contributed by atoms with van der Waals surface area (Å²) in [6.45, 7) is 3.24. The topological polar surface area (TPSA) is 52.7 Å². The fourth-order valence-electron chi connectivity index (χ4n) is 3.27. The first-order valence-electron chi connectivity index (χ1n) is 9.16. The summed E-state index contributed by atoms with van der Waals surface area (Å²) in [6.07, 6.45) is 0.857. The van der Waals surface area contributed by atoms with E-state index in [4.69, 9.17) is 23.2 Å². The van der Waals surface area contributed by atoms with Gasteiger partial charge in [-0.15, -0.1) is 0 Å². The first-order chi connectivity index (χ1) is 13.3. The highest BCUT2D eigenvalue weighted by Crippen LogP contribution is 2.25. The van der Waals surface area contributed by atoms with E-state index in [1.165, 1.54) is 11.1 Å². The van der Waals surface area contributed by atoms with E-state index in [1.807, 2.05) is 24.0 Å². The molecule has 1 aliphatic heterocycles. The lowest BCUT2D eigenvalue weighted by atomic mass is 9.99. The lowest BCUT2D eigenvalue weighted by Gasteiger charge is -2.33. The fraction of sp³-hybridized carbons (Fsp3) is 0.333. The van der Waals surface area contributed by atoms with Crippen LogP contribution in [0.15, 0.2) is 42.5 Å². The predicted molar refractivity (Wildman–Crippen MR) is 113 cm³/mol. The second kappa shape index (κ2) is 8.95. The average molecular weight is 420 g/mol. The van der Waals surface area contributed by atoms with Crippen molar-refractivity contribution in [2.45, 2.75) is 25.9 Å². The van der Waals surface area contributed by atoms with Crippen LogP contribution in [0.4, 0.5) is 5.69 Å². The van der Waals surface area contributed by atoms with Crippen molar-refractivity contribution >= 4 is 40.7 Å². The summed E-state index contributed by atoms with van der Waals surface area (Å²) in [6, 6.07) is 12.7. The summed E-state index contributed by atoms with van der Waals surface area (Å²) >= 11 is 11.9. The predicted octanol–water partition coefficient (Wildman–Crippen LogP) is 3.84. The Morgan fingerprint density at radius 2 is 1.86 bits per heavy atom. The molecule has 0 aromatic heterocycles. The Bertz CT molecular complexity index is 888. The second-order valence-electron chi connectivity index (χ2n) is 7.05. The van der Waals surface area contributed by atoms with Gasteiger partial charge in [0, 0.05) is 18.8 Å². The standard InChI is InChI=1S/C21H23Cl2N3O2/c1-14(21(28)26-10-9-15-5-3-4-6-16(15)12-26)25(2)13-20(27)24-17-7-8-18(22)19(23)11-17/h3-8,11,14H,9-10,12-13H2,1-2H3,(H,24,27)/t14-/m0/s1. The van der Waals surface area contributed by atoms with Gasteiger partial charge in [-0.05, 0) is 49.7 Å². The SMILES string of the molecule is C[C@@H](C(=O)N1CCc2ccccc2C1)N(C)CC(=O)Nc1ccc(Cl)c(Cl)c1. The molecule has 0 bridgehead atoms. The number of hydrogen-bond donors (Lipinski definition) is 1. The number of fused-ring (bicyclic) bond motifs is 1. The lowest BCUT2D eigenvalue weighted by molar-refractivity contribution is -0.137. The second-order valence-corrected chi connectivity index (χ2v) is 7.86. The van der Waals surface area contributed by atoms with Crippen LogP contribution in [0.25, 0.3) is 0 Å². The number of anilines is 1. The van der Waals surface area contributed by atoms with Crippen molar-refractivity contribution in [2.24, 2.45) is 0 Å². The first-order valence-corrected chi connectivity index (χ1v) is 9.91. The molecule has 1 heterocycles. The molecule has 2 aromatic rings. The van der Waals surface area contributed by atoms with Crippen LogP contribution in [0.3, 0.4) is 0 Å². The van der Waals surface area contributed by atoms with Gasteiger partial charge >= 0.3 is 0 Å². The molecule has 0 saturated heterocycles. The Morgan fingerprint density at radius 1 is 1.14 bits per heavy atom. The van der Waals surface area contributed by atoms with Crippen molar-refractivity contribution in [1.29, 1.82) is 0 Å². The van der Waals surface area contributed by atoms with Gasteiger partial charge in [0.15, 0.2) is 0 Å². The Kier molecular flexibility index (Phi) is 6.60. The van der Waals surface area contributed by atoms with Crippen molar-refractivity contribution in [3.8, 4) is 0 Å². The summed E-state index contributed by atoms with van der Waals surface area (Å²) < 4.78 is 0. The Hall–Kier alpha value is -2.08. The zero-order chi connectivity index (χ0) is 20.3. The number of benzene rings is 2. The molecule has 1 atom stereocenters. The molecule has 0 saturated carbocycles. The normalized spacial score (nSPS) is 14.5. The summed E-state index contributed by atoms with van der Waals surface area (Å²) in [5.74, 6) is -0.191. The smallest absolute Gasteiger partial charge is 0.239 e. The van der Waals surface area contributed by atoms with Crippen LogP contribution in [-0.4, -0.2) is 47.8 Å². The van der Waals surface area contributed by atoms with Crippen LogP contribution in [0.1, 0.15) is 18.1 Å². The van der Waals surface area contributed by atoms with E-state index >= 15 is 0 Å². The molecule has 2 aromatic carbocycles. The van der Waals surface area contributed by atoms with Gasteiger partial charge in [0.1, 0.15) is 0 Å². The molecule has 0 aliphatic carbocycles. The van der Waals surface area contributed by atoms with Gasteiger partial charge in [-0.3, -0.25) is 14.5 Å². The minimum atomic E-state index is -0.398. The number of rotatable bonds is 5. The number of carbonyl (C=O) groups excluding carboxylic acids is 2. The lowest BCUT2D eigenvalue weighted by Crippen LogP contribution is -2.49. The summed E-state index contributed by atoms with van der Waals surface area (Å²) in [7, 11) is 1.77. The van der Waals surface area contributed by atoms with Gasteiger partial charge < -0.3 is 10.2 Å². The average Bonchev–Trinajstić information content (AvgIpc) is 2.69. The van der Waals surface area contributed by atoms with Gasteiger partial charge in [-0.25, -0.2) is 0 Å². The number of nitrogens with zero attached hydrogens (tertiary/aromatic N) is 2. The van der Waals surface area contributed by atoms with E-state index in [9.17, 15) is 9.59 Å². The Labute approximate surface area is 175 Å². The van der Waals surface area contributed by atoms with Crippen molar-refractivity contribution < 1.29 is 9.59 Å². The number of carbonyl (C=O) groups is 2. The van der Waals surface area contributed by atoms with E-state index in [0.717, 1.165) is 6.42 Å². The van der Waals surface area contributed by atoms with Gasteiger partial charge in [0.25, 0.3) is 0 Å². The highest BCUT2D eigenvalue weighted by molar-refractivity contribution is 6.42. The summed E-state index contributed by atoms with van der Waals surface area (Å²) in [5.41, 5.74) is 3.06. The zero-order valence-electron chi connectivity index (χ0n) is 15.9. The summed E-state index contributed by atoms with van der Waals surface area (Å²) in [5, 5.41) is 3.58. The van der Waals surface area contributed by atoms with E-state index in [0.29, 0.717) is 28.8 Å². The third-order valence-corrected chi connectivity index (χ3v) is 5.80. The van der Waals surface area contributed by atoms with Gasteiger partial charge in [0.2, 0.25) is 11.8 Å². The van der Waals surface area contributed by atoms with Crippen molar-refractivity contribution in [1.82, 2.24) is 9.80 Å². The highest BCUT2D eigenvalue weighted by Gasteiger charge is 2.27. The molecule has 0 radical (unpaired) electrons. The molecular formula is C21H23Cl2N3O2. The number of hydrogen-bond acceptors (Lipinski definition) is 3. The Morgan fingerprint density at radius 3 is 2.57 bits per heavy atom. The van der Waals surface area contributed by atoms with Crippen molar-refractivity contribution in [3.63, 3.8) is 0 Å². The molecule has 3 rings (SSSR count).